The number of pyridine rings is 1. The van der Waals surface area contributed by atoms with E-state index in [4.69, 9.17) is 0 Å². The van der Waals surface area contributed by atoms with E-state index in [0.717, 1.165) is 65.9 Å². The van der Waals surface area contributed by atoms with Crippen molar-refractivity contribution in [1.29, 1.82) is 0 Å². The number of carbonyl (C=O) groups excluding carboxylic acids is 3. The molecule has 2 aliphatic rings. The number of anilines is 2. The van der Waals surface area contributed by atoms with Crippen LogP contribution in [0.4, 0.5) is 11.4 Å². The highest BCUT2D eigenvalue weighted by atomic mass is 16.3. The summed E-state index contributed by atoms with van der Waals surface area (Å²) in [5, 5.41) is 26.8. The lowest BCUT2D eigenvalue weighted by molar-refractivity contribution is -0.118. The van der Waals surface area contributed by atoms with E-state index in [-0.39, 0.29) is 29.9 Å². The molecule has 49 heavy (non-hydrogen) atoms. The van der Waals surface area contributed by atoms with Gasteiger partial charge in [0.15, 0.2) is 5.69 Å². The molecule has 3 amide bonds. The molecule has 256 valence electrons. The normalized spacial score (nSPS) is 17.4. The van der Waals surface area contributed by atoms with Crippen molar-refractivity contribution in [1.82, 2.24) is 30.3 Å². The summed E-state index contributed by atoms with van der Waals surface area (Å²) in [4.78, 5) is 44.4. The maximum Gasteiger partial charge on any atom is 0.276 e. The van der Waals surface area contributed by atoms with Crippen molar-refractivity contribution < 1.29 is 19.5 Å². The Morgan fingerprint density at radius 1 is 0.878 bits per heavy atom. The van der Waals surface area contributed by atoms with Gasteiger partial charge in [0.1, 0.15) is 5.69 Å². The lowest BCUT2D eigenvalue weighted by Crippen LogP contribution is -2.34. The SMILES string of the molecule is CC(=O)NCCNC1CCCn2nc(C(=O)Nc3cccc(-c4cccc(NC(=O)c5ccc(CN6CC[C@@H](O)C6)cn5)c4C)c3C)cc21. The number of nitrogens with one attached hydrogen (secondary N) is 4. The quantitative estimate of drug-likeness (QED) is 0.150. The van der Waals surface area contributed by atoms with Crippen LogP contribution in [0.25, 0.3) is 11.1 Å². The van der Waals surface area contributed by atoms with E-state index >= 15 is 0 Å². The summed E-state index contributed by atoms with van der Waals surface area (Å²) in [5.41, 5.74) is 7.66. The van der Waals surface area contributed by atoms with Crippen LogP contribution in [0.1, 0.15) is 75.6 Å². The van der Waals surface area contributed by atoms with Gasteiger partial charge in [-0.3, -0.25) is 28.9 Å². The summed E-state index contributed by atoms with van der Waals surface area (Å²) >= 11 is 0. The lowest BCUT2D eigenvalue weighted by atomic mass is 9.94. The molecular formula is C37H44N8O4. The lowest BCUT2D eigenvalue weighted by Gasteiger charge is -2.24. The number of amides is 3. The molecule has 0 bridgehead atoms. The molecular weight excluding hydrogens is 620 g/mol. The van der Waals surface area contributed by atoms with Crippen molar-refractivity contribution in [3.63, 3.8) is 0 Å². The Kier molecular flexibility index (Phi) is 10.5. The number of fused-ring (bicyclic) bond motifs is 1. The van der Waals surface area contributed by atoms with Gasteiger partial charge >= 0.3 is 0 Å². The number of aromatic nitrogens is 3. The standard InChI is InChI=1S/C37H44N8O4/c1-23-28(7-4-9-30(23)41-36(48)33-13-12-26(20-40-33)21-44-18-14-27(47)22-44)29-8-5-10-31(24(29)2)42-37(49)34-19-35-32(11-6-17-45(35)43-34)39-16-15-38-25(3)46/h4-5,7-10,12-13,19-20,27,32,39,47H,6,11,14-18,21-22H2,1-3H3,(H,38,46)(H,41,48)(H,42,49)/t27-,32?/m1/s1. The molecule has 5 N–H and O–H groups in total. The molecule has 2 aromatic heterocycles. The first-order chi connectivity index (χ1) is 23.7. The molecule has 12 heteroatoms. The second-order valence-corrected chi connectivity index (χ2v) is 12.9. The largest absolute Gasteiger partial charge is 0.392 e. The van der Waals surface area contributed by atoms with Crippen LogP contribution in [0.5, 0.6) is 0 Å². The predicted octanol–water partition coefficient (Wildman–Crippen LogP) is 4.19. The van der Waals surface area contributed by atoms with E-state index in [9.17, 15) is 19.5 Å². The van der Waals surface area contributed by atoms with Gasteiger partial charge in [0, 0.05) is 69.8 Å². The summed E-state index contributed by atoms with van der Waals surface area (Å²) in [5.74, 6) is -0.641. The van der Waals surface area contributed by atoms with Gasteiger partial charge in [0.05, 0.1) is 11.8 Å². The number of benzene rings is 2. The molecule has 4 aromatic rings. The van der Waals surface area contributed by atoms with Crippen LogP contribution in [0.2, 0.25) is 0 Å². The zero-order valence-corrected chi connectivity index (χ0v) is 28.3. The number of aliphatic hydroxyl groups excluding tert-OH is 1. The summed E-state index contributed by atoms with van der Waals surface area (Å²) in [6.07, 6.45) is 4.10. The highest BCUT2D eigenvalue weighted by Gasteiger charge is 2.25. The van der Waals surface area contributed by atoms with Gasteiger partial charge in [-0.1, -0.05) is 30.3 Å². The highest BCUT2D eigenvalue weighted by Crippen LogP contribution is 2.34. The Hall–Kier alpha value is -4.91. The first-order valence-corrected chi connectivity index (χ1v) is 16.9. The van der Waals surface area contributed by atoms with E-state index in [1.54, 1.807) is 12.3 Å². The monoisotopic (exact) mass is 664 g/mol. The molecule has 0 aliphatic carbocycles. The third kappa shape index (κ3) is 8.05. The second kappa shape index (κ2) is 15.1. The average Bonchev–Trinajstić information content (AvgIpc) is 3.72. The van der Waals surface area contributed by atoms with Gasteiger partial charge in [-0.25, -0.2) is 0 Å². The predicted molar refractivity (Wildman–Crippen MR) is 188 cm³/mol. The van der Waals surface area contributed by atoms with Gasteiger partial charge in [-0.05, 0) is 85.2 Å². The molecule has 12 nitrogen and oxygen atoms in total. The van der Waals surface area contributed by atoms with E-state index in [2.05, 4.69) is 36.2 Å². The summed E-state index contributed by atoms with van der Waals surface area (Å²) in [6.45, 7) is 9.54. The van der Waals surface area contributed by atoms with Crippen molar-refractivity contribution >= 4 is 29.1 Å². The number of rotatable bonds is 11. The van der Waals surface area contributed by atoms with Crippen LogP contribution in [-0.2, 0) is 17.9 Å². The van der Waals surface area contributed by atoms with Crippen molar-refractivity contribution in [2.24, 2.45) is 0 Å². The first kappa shape index (κ1) is 34.0. The summed E-state index contributed by atoms with van der Waals surface area (Å²) in [6, 6.07) is 17.1. The van der Waals surface area contributed by atoms with Gasteiger partial charge in [0.2, 0.25) is 5.91 Å². The number of hydrogen-bond acceptors (Lipinski definition) is 8. The Morgan fingerprint density at radius 2 is 1.57 bits per heavy atom. The Bertz CT molecular complexity index is 1840. The fourth-order valence-corrected chi connectivity index (χ4v) is 6.65. The highest BCUT2D eigenvalue weighted by molar-refractivity contribution is 6.05. The maximum absolute atomic E-state index is 13.5. The maximum atomic E-state index is 13.5. The van der Waals surface area contributed by atoms with E-state index in [1.807, 2.05) is 67.1 Å². The van der Waals surface area contributed by atoms with Gasteiger partial charge in [0.25, 0.3) is 11.8 Å². The molecule has 2 aromatic carbocycles. The fraction of sp³-hybridized carbons (Fsp3) is 0.378. The number of likely N-dealkylation sites (tertiary alicyclic amines) is 1. The number of carbonyl (C=O) groups is 3. The van der Waals surface area contributed by atoms with Crippen molar-refractivity contribution in [2.45, 2.75) is 65.3 Å². The molecule has 2 aliphatic heterocycles. The molecule has 4 heterocycles. The zero-order chi connectivity index (χ0) is 34.5. The smallest absolute Gasteiger partial charge is 0.276 e. The molecule has 1 fully saturated rings. The molecule has 1 unspecified atom stereocenters. The van der Waals surface area contributed by atoms with Crippen molar-refractivity contribution in [2.75, 3.05) is 36.8 Å². The van der Waals surface area contributed by atoms with Crippen LogP contribution in [0, 0.1) is 13.8 Å². The van der Waals surface area contributed by atoms with Gasteiger partial charge in [-0.15, -0.1) is 0 Å². The average molecular weight is 665 g/mol. The first-order valence-electron chi connectivity index (χ1n) is 16.9. The molecule has 6 rings (SSSR count). The molecule has 0 radical (unpaired) electrons. The minimum Gasteiger partial charge on any atom is -0.392 e. The molecule has 2 atom stereocenters. The third-order valence-electron chi connectivity index (χ3n) is 9.32. The number of aliphatic hydroxyl groups is 1. The van der Waals surface area contributed by atoms with Crippen LogP contribution in [0.3, 0.4) is 0 Å². The van der Waals surface area contributed by atoms with Crippen LogP contribution in [-0.4, -0.2) is 74.8 Å². The van der Waals surface area contributed by atoms with Crippen LogP contribution >= 0.6 is 0 Å². The fourth-order valence-electron chi connectivity index (χ4n) is 6.65. The molecule has 1 saturated heterocycles. The summed E-state index contributed by atoms with van der Waals surface area (Å²) < 4.78 is 1.89. The Balaban J connectivity index is 1.13. The van der Waals surface area contributed by atoms with Gasteiger partial charge in [-0.2, -0.15) is 5.10 Å². The van der Waals surface area contributed by atoms with E-state index in [1.165, 1.54) is 6.92 Å². The second-order valence-electron chi connectivity index (χ2n) is 12.9. The number of nitrogens with zero attached hydrogens (tertiary/aromatic N) is 4. The third-order valence-corrected chi connectivity index (χ3v) is 9.32. The van der Waals surface area contributed by atoms with Crippen molar-refractivity contribution in [3.05, 3.63) is 94.6 Å². The van der Waals surface area contributed by atoms with E-state index < -0.39 is 0 Å². The van der Waals surface area contributed by atoms with Crippen LogP contribution < -0.4 is 21.3 Å². The zero-order valence-electron chi connectivity index (χ0n) is 28.3. The Morgan fingerprint density at radius 3 is 2.18 bits per heavy atom. The number of aryl methyl sites for hydroxylation is 1. The minimum atomic E-state index is -0.297. The topological polar surface area (TPSA) is 154 Å². The number of hydrogen-bond donors (Lipinski definition) is 5. The van der Waals surface area contributed by atoms with Gasteiger partial charge < -0.3 is 26.4 Å². The minimum absolute atomic E-state index is 0.0585. The van der Waals surface area contributed by atoms with Crippen molar-refractivity contribution in [3.8, 4) is 11.1 Å². The molecule has 0 spiro atoms. The van der Waals surface area contributed by atoms with Crippen LogP contribution in [0.15, 0.2) is 60.8 Å². The Labute approximate surface area is 286 Å². The number of β-amino-alcohol motifs (C(OH)–C–C–N with tert-alkyl or cyclic N) is 1. The molecule has 0 saturated carbocycles. The summed E-state index contributed by atoms with van der Waals surface area (Å²) in [7, 11) is 0. The van der Waals surface area contributed by atoms with E-state index in [0.29, 0.717) is 48.9 Å².